The first kappa shape index (κ1) is 19.0. The Morgan fingerprint density at radius 2 is 1.70 bits per heavy atom. The molecule has 6 heteroatoms. The van der Waals surface area contributed by atoms with Crippen molar-refractivity contribution in [3.63, 3.8) is 0 Å². The molecule has 0 spiro atoms. The number of rotatable bonds is 9. The van der Waals surface area contributed by atoms with E-state index in [2.05, 4.69) is 34.5 Å². The second-order valence-electron chi connectivity index (χ2n) is 6.79. The van der Waals surface area contributed by atoms with Crippen molar-refractivity contribution in [1.29, 1.82) is 0 Å². The van der Waals surface area contributed by atoms with E-state index in [0.29, 0.717) is 12.1 Å². The fourth-order valence-corrected chi connectivity index (χ4v) is 3.04. The van der Waals surface area contributed by atoms with E-state index < -0.39 is 0 Å². The summed E-state index contributed by atoms with van der Waals surface area (Å²) in [7, 11) is 1.85. The summed E-state index contributed by atoms with van der Waals surface area (Å²) < 4.78 is 3.40. The summed E-state index contributed by atoms with van der Waals surface area (Å²) in [6.45, 7) is 0.273. The summed E-state index contributed by atoms with van der Waals surface area (Å²) in [4.78, 5) is 12.1. The molecular formula is C21H26N4O2. The maximum atomic E-state index is 12.1. The predicted octanol–water partition coefficient (Wildman–Crippen LogP) is 2.46. The molecule has 0 radical (unpaired) electrons. The fraction of sp³-hybridized carbons (Fsp3) is 0.381. The first-order valence-electron chi connectivity index (χ1n) is 9.42. The highest BCUT2D eigenvalue weighted by Crippen LogP contribution is 2.11. The molecule has 3 aromatic rings. The van der Waals surface area contributed by atoms with Crippen LogP contribution in [0.1, 0.15) is 36.1 Å². The van der Waals surface area contributed by atoms with Crippen molar-refractivity contribution < 1.29 is 5.11 Å². The zero-order valence-electron chi connectivity index (χ0n) is 15.7. The molecule has 2 aromatic heterocycles. The zero-order valence-corrected chi connectivity index (χ0v) is 15.7. The zero-order chi connectivity index (χ0) is 19.1. The Kier molecular flexibility index (Phi) is 6.54. The molecule has 142 valence electrons. The largest absolute Gasteiger partial charge is 0.396 e. The van der Waals surface area contributed by atoms with E-state index in [9.17, 15) is 4.79 Å². The van der Waals surface area contributed by atoms with Crippen LogP contribution in [-0.4, -0.2) is 31.3 Å². The minimum absolute atomic E-state index is 0.0318. The van der Waals surface area contributed by atoms with Crippen molar-refractivity contribution in [2.75, 3.05) is 6.61 Å². The van der Waals surface area contributed by atoms with E-state index in [1.165, 1.54) is 11.1 Å². The SMILES string of the molecule is Cn1cc(-n2ccc(=O)c(CCc3ccc(CCCCCO)cc3)n2)cn1. The van der Waals surface area contributed by atoms with Gasteiger partial charge in [-0.1, -0.05) is 30.7 Å². The average molecular weight is 366 g/mol. The quantitative estimate of drug-likeness (QED) is 0.591. The molecule has 0 aliphatic rings. The minimum atomic E-state index is -0.0318. The molecule has 0 aliphatic carbocycles. The predicted molar refractivity (Wildman–Crippen MR) is 105 cm³/mol. The Bertz CT molecular complexity index is 912. The van der Waals surface area contributed by atoms with Crippen LogP contribution in [-0.2, 0) is 26.3 Å². The smallest absolute Gasteiger partial charge is 0.203 e. The minimum Gasteiger partial charge on any atom is -0.396 e. The summed E-state index contributed by atoms with van der Waals surface area (Å²) in [5.74, 6) is 0. The summed E-state index contributed by atoms with van der Waals surface area (Å²) >= 11 is 0. The number of hydrogen-bond donors (Lipinski definition) is 1. The topological polar surface area (TPSA) is 72.9 Å². The van der Waals surface area contributed by atoms with Crippen LogP contribution in [0.4, 0.5) is 0 Å². The molecule has 6 nitrogen and oxygen atoms in total. The van der Waals surface area contributed by atoms with Crippen LogP contribution in [0.25, 0.3) is 5.69 Å². The normalized spacial score (nSPS) is 11.0. The summed E-state index contributed by atoms with van der Waals surface area (Å²) in [5.41, 5.74) is 3.88. The number of aromatic nitrogens is 4. The summed E-state index contributed by atoms with van der Waals surface area (Å²) in [6, 6.07) is 10.1. The van der Waals surface area contributed by atoms with Gasteiger partial charge in [-0.2, -0.15) is 10.2 Å². The van der Waals surface area contributed by atoms with Gasteiger partial charge >= 0.3 is 0 Å². The molecule has 0 unspecified atom stereocenters. The molecule has 0 amide bonds. The summed E-state index contributed by atoms with van der Waals surface area (Å²) in [6.07, 6.45) is 10.7. The van der Waals surface area contributed by atoms with Gasteiger partial charge < -0.3 is 5.11 Å². The van der Waals surface area contributed by atoms with E-state index in [-0.39, 0.29) is 12.0 Å². The summed E-state index contributed by atoms with van der Waals surface area (Å²) in [5, 5.41) is 17.4. The number of unbranched alkanes of at least 4 members (excludes halogenated alkanes) is 2. The lowest BCUT2D eigenvalue weighted by Gasteiger charge is -2.06. The van der Waals surface area contributed by atoms with Gasteiger partial charge in [-0.25, -0.2) is 4.68 Å². The lowest BCUT2D eigenvalue weighted by Crippen LogP contribution is -2.16. The Labute approximate surface area is 159 Å². The van der Waals surface area contributed by atoms with Crippen LogP contribution < -0.4 is 5.43 Å². The molecule has 1 aromatic carbocycles. The van der Waals surface area contributed by atoms with Gasteiger partial charge in [0, 0.05) is 25.9 Å². The molecule has 0 saturated heterocycles. The van der Waals surface area contributed by atoms with Gasteiger partial charge in [0.2, 0.25) is 5.43 Å². The second-order valence-corrected chi connectivity index (χ2v) is 6.79. The van der Waals surface area contributed by atoms with Gasteiger partial charge in [0.15, 0.2) is 0 Å². The third kappa shape index (κ3) is 5.37. The Morgan fingerprint density at radius 3 is 2.37 bits per heavy atom. The van der Waals surface area contributed by atoms with Crippen LogP contribution in [0.2, 0.25) is 0 Å². The third-order valence-electron chi connectivity index (χ3n) is 4.63. The fourth-order valence-electron chi connectivity index (χ4n) is 3.04. The van der Waals surface area contributed by atoms with Crippen LogP contribution >= 0.6 is 0 Å². The number of aliphatic hydroxyl groups excluding tert-OH is 1. The maximum absolute atomic E-state index is 12.1. The Morgan fingerprint density at radius 1 is 0.963 bits per heavy atom. The maximum Gasteiger partial charge on any atom is 0.203 e. The Balaban J connectivity index is 1.60. The first-order valence-corrected chi connectivity index (χ1v) is 9.42. The number of benzene rings is 1. The van der Waals surface area contributed by atoms with Gasteiger partial charge in [0.1, 0.15) is 11.4 Å². The van der Waals surface area contributed by atoms with E-state index >= 15 is 0 Å². The van der Waals surface area contributed by atoms with Gasteiger partial charge in [0.25, 0.3) is 0 Å². The number of hydrogen-bond acceptors (Lipinski definition) is 4. The molecule has 1 N–H and O–H groups in total. The number of aliphatic hydroxyl groups is 1. The van der Waals surface area contributed by atoms with Crippen molar-refractivity contribution in [2.24, 2.45) is 7.05 Å². The van der Waals surface area contributed by atoms with Gasteiger partial charge in [-0.05, 0) is 43.2 Å². The molecule has 0 saturated carbocycles. The number of aryl methyl sites for hydroxylation is 4. The highest BCUT2D eigenvalue weighted by Gasteiger charge is 2.06. The molecule has 0 atom stereocenters. The van der Waals surface area contributed by atoms with Crippen molar-refractivity contribution >= 4 is 0 Å². The van der Waals surface area contributed by atoms with E-state index in [1.54, 1.807) is 27.8 Å². The average Bonchev–Trinajstić information content (AvgIpc) is 3.12. The van der Waals surface area contributed by atoms with Crippen LogP contribution in [0.15, 0.2) is 53.7 Å². The lowest BCUT2D eigenvalue weighted by atomic mass is 10.0. The highest BCUT2D eigenvalue weighted by molar-refractivity contribution is 5.25. The van der Waals surface area contributed by atoms with E-state index in [1.807, 2.05) is 13.2 Å². The highest BCUT2D eigenvalue weighted by atomic mass is 16.2. The van der Waals surface area contributed by atoms with Crippen molar-refractivity contribution in [1.82, 2.24) is 19.6 Å². The van der Waals surface area contributed by atoms with Gasteiger partial charge in [-0.3, -0.25) is 9.48 Å². The lowest BCUT2D eigenvalue weighted by molar-refractivity contribution is 0.283. The molecule has 0 aliphatic heterocycles. The molecule has 3 rings (SSSR count). The van der Waals surface area contributed by atoms with E-state index in [4.69, 9.17) is 5.11 Å². The molecular weight excluding hydrogens is 340 g/mol. The molecule has 0 bridgehead atoms. The first-order chi connectivity index (χ1) is 13.2. The third-order valence-corrected chi connectivity index (χ3v) is 4.63. The number of nitrogens with zero attached hydrogens (tertiary/aromatic N) is 4. The van der Waals surface area contributed by atoms with Crippen LogP contribution in [0, 0.1) is 0 Å². The van der Waals surface area contributed by atoms with Crippen molar-refractivity contribution in [3.8, 4) is 5.69 Å². The van der Waals surface area contributed by atoms with Gasteiger partial charge in [0.05, 0.1) is 12.4 Å². The van der Waals surface area contributed by atoms with Crippen molar-refractivity contribution in [2.45, 2.75) is 38.5 Å². The molecule has 27 heavy (non-hydrogen) atoms. The second kappa shape index (κ2) is 9.28. The van der Waals surface area contributed by atoms with Crippen LogP contribution in [0.5, 0.6) is 0 Å². The van der Waals surface area contributed by atoms with Crippen LogP contribution in [0.3, 0.4) is 0 Å². The standard InChI is InChI=1S/C21H26N4O2/c1-24-16-19(15-22-24)25-13-12-21(27)20(23-25)11-10-18-8-6-17(7-9-18)5-3-2-4-14-26/h6-9,12-13,15-16,26H,2-5,10-11,14H2,1H3. The Hall–Kier alpha value is -2.73. The van der Waals surface area contributed by atoms with E-state index in [0.717, 1.165) is 37.8 Å². The van der Waals surface area contributed by atoms with Crippen molar-refractivity contribution in [3.05, 3.63) is 76.0 Å². The molecule has 0 fully saturated rings. The monoisotopic (exact) mass is 366 g/mol. The van der Waals surface area contributed by atoms with Gasteiger partial charge in [-0.15, -0.1) is 0 Å². The molecule has 2 heterocycles.